The lowest BCUT2D eigenvalue weighted by Gasteiger charge is -2.26. The minimum Gasteiger partial charge on any atom is -0.493 e. The Morgan fingerprint density at radius 1 is 0.964 bits per heavy atom. The molecule has 1 aliphatic rings. The quantitative estimate of drug-likeness (QED) is 0.606. The third-order valence-corrected chi connectivity index (χ3v) is 6.46. The average Bonchev–Trinajstić information content (AvgIpc) is 3.07. The maximum Gasteiger partial charge on any atom is 0.234 e. The smallest absolute Gasteiger partial charge is 0.234 e. The van der Waals surface area contributed by atoms with Crippen LogP contribution < -0.4 is 18.9 Å². The topological polar surface area (TPSA) is 57.2 Å². The van der Waals surface area contributed by atoms with Crippen LogP contribution in [0.5, 0.6) is 23.0 Å². The van der Waals surface area contributed by atoms with Crippen LogP contribution in [0.3, 0.4) is 0 Å². The minimum atomic E-state index is -0.130. The molecule has 1 fully saturated rings. The van der Waals surface area contributed by atoms with Crippen molar-refractivity contribution in [3.8, 4) is 23.0 Å². The fourth-order valence-electron chi connectivity index (χ4n) is 3.12. The van der Waals surface area contributed by atoms with E-state index in [1.807, 2.05) is 35.2 Å². The van der Waals surface area contributed by atoms with Gasteiger partial charge in [0.2, 0.25) is 5.91 Å². The molecule has 2 aromatic carbocycles. The summed E-state index contributed by atoms with van der Waals surface area (Å²) >= 11 is 5.20. The molecule has 0 N–H and O–H groups in total. The van der Waals surface area contributed by atoms with Crippen LogP contribution in [-0.2, 0) is 11.3 Å². The molecule has 1 amide bonds. The molecule has 150 valence electrons. The summed E-state index contributed by atoms with van der Waals surface area (Å²) in [5.74, 6) is 3.09. The number of carbonyl (C=O) groups is 1. The van der Waals surface area contributed by atoms with Crippen molar-refractivity contribution >= 4 is 33.6 Å². The van der Waals surface area contributed by atoms with Crippen LogP contribution in [0.25, 0.3) is 0 Å². The fraction of sp³-hybridized carbons (Fsp3) is 0.350. The number of rotatable bonds is 7. The Morgan fingerprint density at radius 3 is 2.21 bits per heavy atom. The van der Waals surface area contributed by atoms with Gasteiger partial charge in [0.15, 0.2) is 23.0 Å². The first-order valence-electron chi connectivity index (χ1n) is 8.55. The van der Waals surface area contributed by atoms with Gasteiger partial charge in [0.1, 0.15) is 5.37 Å². The molecule has 0 saturated carbocycles. The van der Waals surface area contributed by atoms with E-state index in [4.69, 9.17) is 18.9 Å². The summed E-state index contributed by atoms with van der Waals surface area (Å²) in [5, 5.41) is -0.130. The zero-order chi connectivity index (χ0) is 20.3. The van der Waals surface area contributed by atoms with Crippen LogP contribution in [-0.4, -0.2) is 45.0 Å². The summed E-state index contributed by atoms with van der Waals surface area (Å²) in [6, 6.07) is 9.48. The Hall–Kier alpha value is -2.06. The molecule has 1 saturated heterocycles. The average molecular weight is 468 g/mol. The van der Waals surface area contributed by atoms with Gasteiger partial charge in [-0.05, 0) is 29.8 Å². The number of methoxy groups -OCH3 is 4. The molecule has 1 unspecified atom stereocenters. The molecule has 1 aliphatic heterocycles. The van der Waals surface area contributed by atoms with Gasteiger partial charge < -0.3 is 23.8 Å². The van der Waals surface area contributed by atoms with Gasteiger partial charge in [-0.2, -0.15) is 0 Å². The van der Waals surface area contributed by atoms with E-state index in [0.717, 1.165) is 15.6 Å². The number of nitrogens with zero attached hydrogens (tertiary/aromatic N) is 1. The van der Waals surface area contributed by atoms with E-state index in [2.05, 4.69) is 15.9 Å². The van der Waals surface area contributed by atoms with E-state index in [0.29, 0.717) is 35.3 Å². The highest BCUT2D eigenvalue weighted by atomic mass is 79.9. The number of amides is 1. The number of hydrogen-bond acceptors (Lipinski definition) is 6. The Morgan fingerprint density at radius 2 is 1.57 bits per heavy atom. The fourth-order valence-corrected chi connectivity index (χ4v) is 5.02. The summed E-state index contributed by atoms with van der Waals surface area (Å²) in [5.41, 5.74) is 1.93. The molecule has 1 heterocycles. The Kier molecular flexibility index (Phi) is 6.61. The van der Waals surface area contributed by atoms with E-state index in [1.54, 1.807) is 40.2 Å². The van der Waals surface area contributed by atoms with Crippen LogP contribution >= 0.6 is 27.7 Å². The van der Waals surface area contributed by atoms with Gasteiger partial charge >= 0.3 is 0 Å². The summed E-state index contributed by atoms with van der Waals surface area (Å²) in [7, 11) is 6.40. The molecule has 2 aromatic rings. The Bertz CT molecular complexity index is 876. The lowest BCUT2D eigenvalue weighted by molar-refractivity contribution is -0.128. The molecule has 1 atom stereocenters. The van der Waals surface area contributed by atoms with E-state index >= 15 is 0 Å². The van der Waals surface area contributed by atoms with Crippen molar-refractivity contribution in [3.05, 3.63) is 45.9 Å². The molecule has 6 nitrogen and oxygen atoms in total. The highest BCUT2D eigenvalue weighted by Gasteiger charge is 2.34. The van der Waals surface area contributed by atoms with Gasteiger partial charge in [0.05, 0.1) is 34.2 Å². The van der Waals surface area contributed by atoms with Crippen molar-refractivity contribution < 1.29 is 23.7 Å². The first-order valence-corrected chi connectivity index (χ1v) is 10.4. The summed E-state index contributed by atoms with van der Waals surface area (Å²) in [4.78, 5) is 14.5. The third-order valence-electron chi connectivity index (χ3n) is 4.54. The number of halogens is 1. The summed E-state index contributed by atoms with van der Waals surface area (Å²) in [6.07, 6.45) is 0. The third kappa shape index (κ3) is 4.03. The number of hydrogen-bond donors (Lipinski definition) is 0. The van der Waals surface area contributed by atoms with Crippen LogP contribution in [0.15, 0.2) is 34.8 Å². The highest BCUT2D eigenvalue weighted by Crippen LogP contribution is 2.46. The van der Waals surface area contributed by atoms with Crippen LogP contribution in [0.1, 0.15) is 16.5 Å². The minimum absolute atomic E-state index is 0.0893. The summed E-state index contributed by atoms with van der Waals surface area (Å²) < 4.78 is 22.3. The first-order chi connectivity index (χ1) is 13.5. The van der Waals surface area contributed by atoms with E-state index in [1.165, 1.54) is 0 Å². The van der Waals surface area contributed by atoms with Crippen LogP contribution in [0, 0.1) is 0 Å². The second kappa shape index (κ2) is 8.96. The zero-order valence-electron chi connectivity index (χ0n) is 16.2. The van der Waals surface area contributed by atoms with Gasteiger partial charge in [0, 0.05) is 16.6 Å². The maximum atomic E-state index is 12.6. The Balaban J connectivity index is 1.92. The SMILES string of the molecule is COc1ccc(CN2C(=O)CSC2c2cc(OC)c(OC)cc2Br)cc1OC. The van der Waals surface area contributed by atoms with E-state index in [-0.39, 0.29) is 11.3 Å². The van der Waals surface area contributed by atoms with Crippen molar-refractivity contribution in [2.45, 2.75) is 11.9 Å². The lowest BCUT2D eigenvalue weighted by atomic mass is 10.1. The van der Waals surface area contributed by atoms with Crippen molar-refractivity contribution in [3.63, 3.8) is 0 Å². The maximum absolute atomic E-state index is 12.6. The molecule has 0 aliphatic carbocycles. The normalized spacial score (nSPS) is 16.2. The predicted molar refractivity (Wildman–Crippen MR) is 113 cm³/mol. The van der Waals surface area contributed by atoms with E-state index in [9.17, 15) is 4.79 Å². The standard InChI is InChI=1S/C20H22BrNO5S/c1-24-15-6-5-12(7-16(15)25-2)10-22-19(23)11-28-20(22)13-8-17(26-3)18(27-4)9-14(13)21/h5-9,20H,10-11H2,1-4H3. The van der Waals surface area contributed by atoms with Gasteiger partial charge in [0.25, 0.3) is 0 Å². The van der Waals surface area contributed by atoms with Gasteiger partial charge in [-0.15, -0.1) is 11.8 Å². The van der Waals surface area contributed by atoms with Crippen LogP contribution in [0.4, 0.5) is 0 Å². The predicted octanol–water partition coefficient (Wildman–Crippen LogP) is 4.26. The number of benzene rings is 2. The van der Waals surface area contributed by atoms with Crippen molar-refractivity contribution in [1.82, 2.24) is 4.90 Å². The molecule has 0 bridgehead atoms. The first kappa shape index (κ1) is 20.7. The second-order valence-electron chi connectivity index (χ2n) is 6.10. The number of carbonyl (C=O) groups excluding carboxylic acids is 1. The number of ether oxygens (including phenoxy) is 4. The molecule has 0 spiro atoms. The molecule has 0 aromatic heterocycles. The molecular formula is C20H22BrNO5S. The lowest BCUT2D eigenvalue weighted by Crippen LogP contribution is -2.27. The Labute approximate surface area is 177 Å². The van der Waals surface area contributed by atoms with Crippen LogP contribution in [0.2, 0.25) is 0 Å². The second-order valence-corrected chi connectivity index (χ2v) is 8.03. The van der Waals surface area contributed by atoms with Crippen molar-refractivity contribution in [1.29, 1.82) is 0 Å². The van der Waals surface area contributed by atoms with Crippen molar-refractivity contribution in [2.24, 2.45) is 0 Å². The number of thioether (sulfide) groups is 1. The van der Waals surface area contributed by atoms with Gasteiger partial charge in [-0.1, -0.05) is 22.0 Å². The van der Waals surface area contributed by atoms with Gasteiger partial charge in [-0.25, -0.2) is 0 Å². The molecular weight excluding hydrogens is 446 g/mol. The molecule has 28 heavy (non-hydrogen) atoms. The monoisotopic (exact) mass is 467 g/mol. The zero-order valence-corrected chi connectivity index (χ0v) is 18.6. The molecule has 8 heteroatoms. The van der Waals surface area contributed by atoms with Gasteiger partial charge in [-0.3, -0.25) is 4.79 Å². The largest absolute Gasteiger partial charge is 0.493 e. The highest BCUT2D eigenvalue weighted by molar-refractivity contribution is 9.10. The molecule has 0 radical (unpaired) electrons. The summed E-state index contributed by atoms with van der Waals surface area (Å²) in [6.45, 7) is 0.470. The molecule has 3 rings (SSSR count). The van der Waals surface area contributed by atoms with E-state index < -0.39 is 0 Å². The van der Waals surface area contributed by atoms with Crippen molar-refractivity contribution in [2.75, 3.05) is 34.2 Å².